The maximum absolute atomic E-state index is 13.5. The highest BCUT2D eigenvalue weighted by molar-refractivity contribution is 5.88. The van der Waals surface area contributed by atoms with Crippen LogP contribution in [0.1, 0.15) is 31.2 Å². The van der Waals surface area contributed by atoms with Gasteiger partial charge in [0.05, 0.1) is 5.41 Å². The molecular weight excluding hydrogens is 288 g/mol. The molecule has 1 saturated carbocycles. The summed E-state index contributed by atoms with van der Waals surface area (Å²) in [7, 11) is 0. The number of nitrogens with zero attached hydrogens (tertiary/aromatic N) is 1. The quantitative estimate of drug-likeness (QED) is 0.907. The Kier molecular flexibility index (Phi) is 3.90. The lowest BCUT2D eigenvalue weighted by molar-refractivity contribution is -0.140. The van der Waals surface area contributed by atoms with Crippen molar-refractivity contribution in [2.75, 3.05) is 26.3 Å². The number of nitrogens with two attached hydrogens (primary N) is 1. The number of carbonyl (C=O) groups excluding carboxylic acids is 1. The summed E-state index contributed by atoms with van der Waals surface area (Å²) < 4.78 is 5.56. The van der Waals surface area contributed by atoms with Crippen molar-refractivity contribution in [2.24, 2.45) is 17.6 Å². The standard InChI is InChI=1S/C19H26N2O2/c20-17-7-6-14-12-21(13-16(14)17)18(22)19(8-10-23-11-9-19)15-4-2-1-3-5-15/h1-5,14,16-17H,6-13,20H2. The molecule has 2 aliphatic heterocycles. The smallest absolute Gasteiger partial charge is 0.233 e. The SMILES string of the molecule is NC1CCC2CN(C(=O)C3(c4ccccc4)CCOCC3)CC12. The molecule has 1 aromatic rings. The zero-order valence-corrected chi connectivity index (χ0v) is 13.6. The monoisotopic (exact) mass is 314 g/mol. The first kappa shape index (κ1) is 15.2. The molecule has 23 heavy (non-hydrogen) atoms. The molecule has 1 aromatic carbocycles. The highest BCUT2D eigenvalue weighted by Gasteiger charge is 2.49. The van der Waals surface area contributed by atoms with Gasteiger partial charge in [-0.25, -0.2) is 0 Å². The molecule has 124 valence electrons. The van der Waals surface area contributed by atoms with Crippen molar-refractivity contribution >= 4 is 5.91 Å². The Hall–Kier alpha value is -1.39. The number of carbonyl (C=O) groups is 1. The minimum atomic E-state index is -0.401. The van der Waals surface area contributed by atoms with Crippen molar-refractivity contribution in [3.05, 3.63) is 35.9 Å². The maximum Gasteiger partial charge on any atom is 0.233 e. The van der Waals surface area contributed by atoms with Crippen LogP contribution in [-0.4, -0.2) is 43.2 Å². The summed E-state index contributed by atoms with van der Waals surface area (Å²) in [6.07, 6.45) is 3.87. The predicted octanol–water partition coefficient (Wildman–Crippen LogP) is 1.93. The third-order valence-corrected chi connectivity index (χ3v) is 6.28. The number of rotatable bonds is 2. The minimum Gasteiger partial charge on any atom is -0.381 e. The van der Waals surface area contributed by atoms with Crippen LogP contribution in [0, 0.1) is 11.8 Å². The second kappa shape index (κ2) is 5.91. The number of hydrogen-bond acceptors (Lipinski definition) is 3. The third-order valence-electron chi connectivity index (χ3n) is 6.28. The molecule has 3 atom stereocenters. The van der Waals surface area contributed by atoms with Crippen LogP contribution in [0.5, 0.6) is 0 Å². The van der Waals surface area contributed by atoms with Gasteiger partial charge in [0.2, 0.25) is 5.91 Å². The average molecular weight is 314 g/mol. The summed E-state index contributed by atoms with van der Waals surface area (Å²) in [5, 5.41) is 0. The Labute approximate surface area is 138 Å². The number of fused-ring (bicyclic) bond motifs is 1. The summed E-state index contributed by atoms with van der Waals surface area (Å²) in [5.41, 5.74) is 6.99. The van der Waals surface area contributed by atoms with E-state index in [0.29, 0.717) is 31.0 Å². The zero-order valence-electron chi connectivity index (χ0n) is 13.6. The largest absolute Gasteiger partial charge is 0.381 e. The second-order valence-electron chi connectivity index (χ2n) is 7.44. The van der Waals surface area contributed by atoms with E-state index in [2.05, 4.69) is 17.0 Å². The Morgan fingerprint density at radius 1 is 1.13 bits per heavy atom. The maximum atomic E-state index is 13.5. The van der Waals surface area contributed by atoms with E-state index in [9.17, 15) is 4.79 Å². The van der Waals surface area contributed by atoms with E-state index >= 15 is 0 Å². The fourth-order valence-corrected chi connectivity index (χ4v) is 4.88. The van der Waals surface area contributed by atoms with Crippen molar-refractivity contribution < 1.29 is 9.53 Å². The van der Waals surface area contributed by atoms with Crippen molar-refractivity contribution in [2.45, 2.75) is 37.1 Å². The van der Waals surface area contributed by atoms with E-state index < -0.39 is 5.41 Å². The van der Waals surface area contributed by atoms with Crippen LogP contribution in [0.15, 0.2) is 30.3 Å². The van der Waals surface area contributed by atoms with Crippen LogP contribution in [0.4, 0.5) is 0 Å². The molecule has 2 saturated heterocycles. The van der Waals surface area contributed by atoms with E-state index in [4.69, 9.17) is 10.5 Å². The molecule has 3 unspecified atom stereocenters. The Balaban J connectivity index is 1.61. The van der Waals surface area contributed by atoms with Crippen LogP contribution in [0.2, 0.25) is 0 Å². The first-order chi connectivity index (χ1) is 11.2. The van der Waals surface area contributed by atoms with Crippen LogP contribution >= 0.6 is 0 Å². The average Bonchev–Trinajstić information content (AvgIpc) is 3.18. The van der Waals surface area contributed by atoms with Gasteiger partial charge in [0.25, 0.3) is 0 Å². The van der Waals surface area contributed by atoms with Gasteiger partial charge in [-0.1, -0.05) is 30.3 Å². The molecule has 1 amide bonds. The number of benzene rings is 1. The van der Waals surface area contributed by atoms with E-state index in [1.54, 1.807) is 0 Å². The van der Waals surface area contributed by atoms with Crippen LogP contribution in [-0.2, 0) is 14.9 Å². The molecular formula is C19H26N2O2. The van der Waals surface area contributed by atoms with Crippen LogP contribution in [0.25, 0.3) is 0 Å². The number of hydrogen-bond donors (Lipinski definition) is 1. The molecule has 0 spiro atoms. The molecule has 0 bridgehead atoms. The summed E-state index contributed by atoms with van der Waals surface area (Å²) in [4.78, 5) is 15.6. The van der Waals surface area contributed by atoms with Gasteiger partial charge in [-0.15, -0.1) is 0 Å². The first-order valence-corrected chi connectivity index (χ1v) is 8.89. The predicted molar refractivity (Wildman–Crippen MR) is 88.9 cm³/mol. The van der Waals surface area contributed by atoms with Gasteiger partial charge in [-0.3, -0.25) is 4.79 Å². The van der Waals surface area contributed by atoms with Crippen molar-refractivity contribution in [1.82, 2.24) is 4.90 Å². The highest BCUT2D eigenvalue weighted by atomic mass is 16.5. The van der Waals surface area contributed by atoms with Crippen LogP contribution in [0.3, 0.4) is 0 Å². The van der Waals surface area contributed by atoms with Gasteiger partial charge in [0.1, 0.15) is 0 Å². The van der Waals surface area contributed by atoms with Gasteiger partial charge in [-0.2, -0.15) is 0 Å². The highest BCUT2D eigenvalue weighted by Crippen LogP contribution is 2.42. The van der Waals surface area contributed by atoms with Crippen LogP contribution < -0.4 is 5.73 Å². The zero-order chi connectivity index (χ0) is 15.9. The molecule has 2 heterocycles. The van der Waals surface area contributed by atoms with Gasteiger partial charge in [0, 0.05) is 32.3 Å². The van der Waals surface area contributed by atoms with Crippen molar-refractivity contribution in [3.8, 4) is 0 Å². The lowest BCUT2D eigenvalue weighted by Gasteiger charge is -2.39. The fraction of sp³-hybridized carbons (Fsp3) is 0.632. The Bertz CT molecular complexity index is 568. The fourth-order valence-electron chi connectivity index (χ4n) is 4.88. The molecule has 0 aromatic heterocycles. The van der Waals surface area contributed by atoms with Crippen molar-refractivity contribution in [3.63, 3.8) is 0 Å². The summed E-state index contributed by atoms with van der Waals surface area (Å²) in [6.45, 7) is 3.08. The van der Waals surface area contributed by atoms with Crippen molar-refractivity contribution in [1.29, 1.82) is 0 Å². The Morgan fingerprint density at radius 2 is 1.87 bits per heavy atom. The molecule has 4 rings (SSSR count). The van der Waals surface area contributed by atoms with E-state index in [1.165, 1.54) is 6.42 Å². The molecule has 1 aliphatic carbocycles. The number of likely N-dealkylation sites (tertiary alicyclic amines) is 1. The summed E-state index contributed by atoms with van der Waals surface area (Å²) in [6, 6.07) is 10.6. The van der Waals surface area contributed by atoms with E-state index in [1.807, 2.05) is 18.2 Å². The molecule has 3 aliphatic rings. The molecule has 3 fully saturated rings. The normalized spacial score (nSPS) is 32.7. The first-order valence-electron chi connectivity index (χ1n) is 8.89. The van der Waals surface area contributed by atoms with E-state index in [-0.39, 0.29) is 6.04 Å². The summed E-state index contributed by atoms with van der Waals surface area (Å²) >= 11 is 0. The molecule has 4 nitrogen and oxygen atoms in total. The Morgan fingerprint density at radius 3 is 2.57 bits per heavy atom. The number of amides is 1. The van der Waals surface area contributed by atoms with E-state index in [0.717, 1.165) is 37.9 Å². The topological polar surface area (TPSA) is 55.6 Å². The third kappa shape index (κ3) is 2.48. The van der Waals surface area contributed by atoms with Gasteiger partial charge < -0.3 is 15.4 Å². The lowest BCUT2D eigenvalue weighted by atomic mass is 9.73. The minimum absolute atomic E-state index is 0.278. The number of ether oxygens (including phenoxy) is 1. The van der Waals surface area contributed by atoms with Gasteiger partial charge in [-0.05, 0) is 43.1 Å². The van der Waals surface area contributed by atoms with Gasteiger partial charge >= 0.3 is 0 Å². The lowest BCUT2D eigenvalue weighted by Crippen LogP contribution is -2.49. The molecule has 0 radical (unpaired) electrons. The molecule has 2 N–H and O–H groups in total. The van der Waals surface area contributed by atoms with Gasteiger partial charge in [0.15, 0.2) is 0 Å². The molecule has 4 heteroatoms. The second-order valence-corrected chi connectivity index (χ2v) is 7.44. The summed E-state index contributed by atoms with van der Waals surface area (Å²) in [5.74, 6) is 1.42.